The third-order valence-corrected chi connectivity index (χ3v) is 0.837. The second-order valence-corrected chi connectivity index (χ2v) is 1.73. The molecular formula is C5H12N2O2. The number of amides is 1. The molecule has 0 bridgehead atoms. The van der Waals surface area contributed by atoms with Crippen molar-refractivity contribution in [2.45, 2.75) is 13.2 Å². The molecule has 3 N–H and O–H groups in total. The Morgan fingerprint density at radius 3 is 2.67 bits per heavy atom. The minimum Gasteiger partial charge on any atom is -0.379 e. The number of carbonyl (C=O) groups is 1. The molecule has 0 aromatic heterocycles. The predicted octanol–water partition coefficient (Wildman–Crippen LogP) is -1.34. The van der Waals surface area contributed by atoms with E-state index in [4.69, 9.17) is 5.11 Å². The minimum atomic E-state index is -0.623. The fourth-order valence-electron chi connectivity index (χ4n) is 0.329. The van der Waals surface area contributed by atoms with E-state index in [1.807, 2.05) is 0 Å². The van der Waals surface area contributed by atoms with Gasteiger partial charge in [0.1, 0.15) is 6.23 Å². The maximum atomic E-state index is 10.4. The largest absolute Gasteiger partial charge is 0.379 e. The molecule has 0 aliphatic rings. The first-order valence-electron chi connectivity index (χ1n) is 2.79. The van der Waals surface area contributed by atoms with Crippen molar-refractivity contribution in [3.8, 4) is 0 Å². The van der Waals surface area contributed by atoms with Crippen LogP contribution < -0.4 is 10.6 Å². The summed E-state index contributed by atoms with van der Waals surface area (Å²) in [5.41, 5.74) is 0. The molecule has 0 rings (SSSR count). The molecule has 1 atom stereocenters. The van der Waals surface area contributed by atoms with Crippen LogP contribution in [0.2, 0.25) is 0 Å². The summed E-state index contributed by atoms with van der Waals surface area (Å²) in [6, 6.07) is 0. The smallest absolute Gasteiger partial charge is 0.233 e. The van der Waals surface area contributed by atoms with Crippen molar-refractivity contribution in [3.63, 3.8) is 0 Å². The van der Waals surface area contributed by atoms with Gasteiger partial charge in [-0.05, 0) is 6.92 Å². The van der Waals surface area contributed by atoms with Crippen molar-refractivity contribution >= 4 is 5.91 Å². The lowest BCUT2D eigenvalue weighted by molar-refractivity contribution is -0.120. The Labute approximate surface area is 54.3 Å². The van der Waals surface area contributed by atoms with Gasteiger partial charge < -0.3 is 10.4 Å². The van der Waals surface area contributed by atoms with E-state index >= 15 is 0 Å². The Bertz CT molecular complexity index is 93.0. The number of hydrogen-bond acceptors (Lipinski definition) is 3. The number of aliphatic hydroxyl groups is 1. The first-order valence-corrected chi connectivity index (χ1v) is 2.79. The van der Waals surface area contributed by atoms with Gasteiger partial charge in [-0.2, -0.15) is 0 Å². The highest BCUT2D eigenvalue weighted by Crippen LogP contribution is 1.68. The van der Waals surface area contributed by atoms with Crippen LogP contribution in [-0.4, -0.2) is 30.8 Å². The molecule has 0 aromatic carbocycles. The molecule has 0 radical (unpaired) electrons. The fourth-order valence-corrected chi connectivity index (χ4v) is 0.329. The summed E-state index contributed by atoms with van der Waals surface area (Å²) >= 11 is 0. The Morgan fingerprint density at radius 2 is 2.33 bits per heavy atom. The maximum Gasteiger partial charge on any atom is 0.233 e. The Morgan fingerprint density at radius 1 is 1.78 bits per heavy atom. The normalized spacial score (nSPS) is 12.8. The lowest BCUT2D eigenvalue weighted by atomic mass is 10.5. The standard InChI is InChI=1S/C5H12N2O2/c1-4(8)7-3-5(9)6-2/h4,7-8H,3H2,1-2H3,(H,6,9). The predicted molar refractivity (Wildman–Crippen MR) is 33.8 cm³/mol. The summed E-state index contributed by atoms with van der Waals surface area (Å²) in [4.78, 5) is 10.4. The van der Waals surface area contributed by atoms with E-state index in [0.717, 1.165) is 0 Å². The molecule has 9 heavy (non-hydrogen) atoms. The Kier molecular flexibility index (Phi) is 4.00. The van der Waals surface area contributed by atoms with Crippen molar-refractivity contribution in [2.24, 2.45) is 0 Å². The number of likely N-dealkylation sites (N-methyl/N-ethyl adjacent to an activating group) is 1. The average Bonchev–Trinajstić information content (AvgIpc) is 1.83. The van der Waals surface area contributed by atoms with E-state index in [2.05, 4.69) is 10.6 Å². The number of hydrogen-bond donors (Lipinski definition) is 3. The zero-order valence-corrected chi connectivity index (χ0v) is 5.64. The number of rotatable bonds is 3. The molecule has 1 amide bonds. The molecule has 4 heteroatoms. The highest BCUT2D eigenvalue weighted by molar-refractivity contribution is 5.77. The Hall–Kier alpha value is -0.610. The van der Waals surface area contributed by atoms with E-state index in [0.29, 0.717) is 0 Å². The highest BCUT2D eigenvalue weighted by atomic mass is 16.3. The molecular weight excluding hydrogens is 120 g/mol. The fraction of sp³-hybridized carbons (Fsp3) is 0.800. The van der Waals surface area contributed by atoms with Crippen molar-refractivity contribution in [3.05, 3.63) is 0 Å². The highest BCUT2D eigenvalue weighted by Gasteiger charge is 1.97. The quantitative estimate of drug-likeness (QED) is 0.416. The van der Waals surface area contributed by atoms with Crippen LogP contribution in [0.15, 0.2) is 0 Å². The van der Waals surface area contributed by atoms with Gasteiger partial charge >= 0.3 is 0 Å². The van der Waals surface area contributed by atoms with Crippen LogP contribution in [-0.2, 0) is 4.79 Å². The van der Waals surface area contributed by atoms with Crippen molar-refractivity contribution in [2.75, 3.05) is 13.6 Å². The molecule has 0 saturated carbocycles. The van der Waals surface area contributed by atoms with Crippen molar-refractivity contribution in [1.29, 1.82) is 0 Å². The summed E-state index contributed by atoms with van der Waals surface area (Å²) in [7, 11) is 1.55. The van der Waals surface area contributed by atoms with Gasteiger partial charge in [0.2, 0.25) is 5.91 Å². The molecule has 1 unspecified atom stereocenters. The van der Waals surface area contributed by atoms with Gasteiger partial charge in [-0.3, -0.25) is 10.1 Å². The Balaban J connectivity index is 3.17. The topological polar surface area (TPSA) is 61.4 Å². The molecule has 0 spiro atoms. The van der Waals surface area contributed by atoms with E-state index < -0.39 is 6.23 Å². The third kappa shape index (κ3) is 5.26. The van der Waals surface area contributed by atoms with Gasteiger partial charge in [-0.25, -0.2) is 0 Å². The molecule has 0 heterocycles. The molecule has 0 fully saturated rings. The minimum absolute atomic E-state index is 0.129. The number of aliphatic hydroxyl groups excluding tert-OH is 1. The SMILES string of the molecule is CNC(=O)CNC(C)O. The average molecular weight is 132 g/mol. The first-order chi connectivity index (χ1) is 4.16. The van der Waals surface area contributed by atoms with E-state index in [1.54, 1.807) is 14.0 Å². The maximum absolute atomic E-state index is 10.4. The van der Waals surface area contributed by atoms with E-state index in [9.17, 15) is 4.79 Å². The molecule has 4 nitrogen and oxygen atoms in total. The van der Waals surface area contributed by atoms with Gasteiger partial charge in [-0.1, -0.05) is 0 Å². The summed E-state index contributed by atoms with van der Waals surface area (Å²) in [5.74, 6) is -0.129. The number of nitrogens with one attached hydrogen (secondary N) is 2. The van der Waals surface area contributed by atoms with Gasteiger partial charge in [0.05, 0.1) is 6.54 Å². The van der Waals surface area contributed by atoms with Gasteiger partial charge in [-0.15, -0.1) is 0 Å². The van der Waals surface area contributed by atoms with Crippen molar-refractivity contribution < 1.29 is 9.90 Å². The molecule has 0 aromatic rings. The van der Waals surface area contributed by atoms with Crippen LogP contribution in [0.3, 0.4) is 0 Å². The molecule has 0 aliphatic heterocycles. The second-order valence-electron chi connectivity index (χ2n) is 1.73. The van der Waals surface area contributed by atoms with E-state index in [1.165, 1.54) is 0 Å². The van der Waals surface area contributed by atoms with Crippen LogP contribution in [0.4, 0.5) is 0 Å². The molecule has 0 aliphatic carbocycles. The summed E-state index contributed by atoms with van der Waals surface area (Å²) in [6.45, 7) is 1.72. The summed E-state index contributed by atoms with van der Waals surface area (Å²) in [6.07, 6.45) is -0.623. The monoisotopic (exact) mass is 132 g/mol. The second kappa shape index (κ2) is 4.29. The van der Waals surface area contributed by atoms with Gasteiger partial charge in [0, 0.05) is 7.05 Å². The molecule has 54 valence electrons. The third-order valence-electron chi connectivity index (χ3n) is 0.837. The van der Waals surface area contributed by atoms with Crippen molar-refractivity contribution in [1.82, 2.24) is 10.6 Å². The van der Waals surface area contributed by atoms with Crippen LogP contribution >= 0.6 is 0 Å². The summed E-state index contributed by atoms with van der Waals surface area (Å²) < 4.78 is 0. The molecule has 0 saturated heterocycles. The van der Waals surface area contributed by atoms with Crippen LogP contribution in [0.5, 0.6) is 0 Å². The summed E-state index contributed by atoms with van der Waals surface area (Å²) in [5, 5.41) is 13.6. The van der Waals surface area contributed by atoms with Gasteiger partial charge in [0.15, 0.2) is 0 Å². The lowest BCUT2D eigenvalue weighted by Gasteiger charge is -2.04. The zero-order chi connectivity index (χ0) is 7.28. The van der Waals surface area contributed by atoms with Crippen LogP contribution in [0.25, 0.3) is 0 Å². The zero-order valence-electron chi connectivity index (χ0n) is 5.64. The van der Waals surface area contributed by atoms with Crippen LogP contribution in [0, 0.1) is 0 Å². The lowest BCUT2D eigenvalue weighted by Crippen LogP contribution is -2.36. The first kappa shape index (κ1) is 8.39. The van der Waals surface area contributed by atoms with E-state index in [-0.39, 0.29) is 12.5 Å². The van der Waals surface area contributed by atoms with Crippen LogP contribution in [0.1, 0.15) is 6.92 Å². The van der Waals surface area contributed by atoms with Gasteiger partial charge in [0.25, 0.3) is 0 Å². The number of carbonyl (C=O) groups excluding carboxylic acids is 1.